The van der Waals surface area contributed by atoms with Crippen LogP contribution in [0.25, 0.3) is 6.08 Å². The maximum absolute atomic E-state index is 14.2. The standard InChI is InChI=1S/C40H46N2O6/c1-27(22-29-12-8-9-15-35(29)44)16-17-36(45)37-30(26-48-32-13-6-3-7-14-32)23-33-38(34(37)25-43)40(47)42(39(33)46)31-18-20-41(21-19-31)24-28-10-4-2-5-11-28/h2-15,22,31,33-34,36,38,43-45H,16-21,23-26H2,1H3/b27-22+/t33-,34+,36-,38-/m1/s1. The van der Waals surface area contributed by atoms with Gasteiger partial charge < -0.3 is 20.1 Å². The van der Waals surface area contributed by atoms with Gasteiger partial charge in [-0.25, -0.2) is 0 Å². The number of hydrogen-bond donors (Lipinski definition) is 3. The summed E-state index contributed by atoms with van der Waals surface area (Å²) in [5, 5.41) is 32.8. The number of nitrogens with zero attached hydrogens (tertiary/aromatic N) is 2. The molecule has 2 heterocycles. The molecule has 3 N–H and O–H groups in total. The lowest BCUT2D eigenvalue weighted by Gasteiger charge is -2.37. The van der Waals surface area contributed by atoms with Gasteiger partial charge in [0.2, 0.25) is 11.8 Å². The zero-order chi connectivity index (χ0) is 33.6. The van der Waals surface area contributed by atoms with E-state index in [-0.39, 0.29) is 36.8 Å². The number of phenols is 1. The van der Waals surface area contributed by atoms with Crippen LogP contribution < -0.4 is 4.74 Å². The topological polar surface area (TPSA) is 111 Å². The molecule has 48 heavy (non-hydrogen) atoms. The molecule has 2 amide bonds. The quantitative estimate of drug-likeness (QED) is 0.173. The number of carbonyl (C=O) groups is 2. The minimum Gasteiger partial charge on any atom is -0.507 e. The number of aromatic hydroxyl groups is 1. The van der Waals surface area contributed by atoms with Crippen molar-refractivity contribution in [3.8, 4) is 11.5 Å². The maximum Gasteiger partial charge on any atom is 0.234 e. The number of piperidine rings is 1. The van der Waals surface area contributed by atoms with Gasteiger partial charge in [0, 0.05) is 37.2 Å². The Labute approximate surface area is 283 Å². The van der Waals surface area contributed by atoms with E-state index in [2.05, 4.69) is 17.0 Å². The molecular formula is C40H46N2O6. The Balaban J connectivity index is 1.20. The van der Waals surface area contributed by atoms with Crippen molar-refractivity contribution in [2.24, 2.45) is 17.8 Å². The second-order valence-electron chi connectivity index (χ2n) is 13.4. The summed E-state index contributed by atoms with van der Waals surface area (Å²) in [7, 11) is 0. The summed E-state index contributed by atoms with van der Waals surface area (Å²) in [6.45, 7) is 4.18. The van der Waals surface area contributed by atoms with Gasteiger partial charge in [0.1, 0.15) is 18.1 Å². The predicted octanol–water partition coefficient (Wildman–Crippen LogP) is 5.59. The highest BCUT2D eigenvalue weighted by atomic mass is 16.5. The molecule has 3 aromatic carbocycles. The lowest BCUT2D eigenvalue weighted by molar-refractivity contribution is -0.144. The molecular weight excluding hydrogens is 604 g/mol. The highest BCUT2D eigenvalue weighted by Crippen LogP contribution is 2.47. The smallest absolute Gasteiger partial charge is 0.234 e. The second-order valence-corrected chi connectivity index (χ2v) is 13.4. The van der Waals surface area contributed by atoms with E-state index in [9.17, 15) is 24.9 Å². The number of imide groups is 1. The van der Waals surface area contributed by atoms with E-state index in [0.29, 0.717) is 49.0 Å². The van der Waals surface area contributed by atoms with Crippen molar-refractivity contribution in [3.63, 3.8) is 0 Å². The van der Waals surface area contributed by atoms with Gasteiger partial charge in [-0.2, -0.15) is 0 Å². The van der Waals surface area contributed by atoms with Gasteiger partial charge in [0.15, 0.2) is 0 Å². The van der Waals surface area contributed by atoms with E-state index >= 15 is 0 Å². The van der Waals surface area contributed by atoms with Crippen molar-refractivity contribution < 1.29 is 29.6 Å². The van der Waals surface area contributed by atoms with Crippen LogP contribution in [0.1, 0.15) is 50.2 Å². The Morgan fingerprint density at radius 1 is 0.938 bits per heavy atom. The number of allylic oxidation sites excluding steroid dienone is 1. The molecule has 0 aromatic heterocycles. The number of benzene rings is 3. The van der Waals surface area contributed by atoms with Crippen molar-refractivity contribution >= 4 is 17.9 Å². The van der Waals surface area contributed by atoms with Crippen LogP contribution in [0.4, 0.5) is 0 Å². The fraction of sp³-hybridized carbons (Fsp3) is 0.400. The summed E-state index contributed by atoms with van der Waals surface area (Å²) in [6, 6.07) is 26.6. The second kappa shape index (κ2) is 15.3. The molecule has 4 atom stereocenters. The van der Waals surface area contributed by atoms with Gasteiger partial charge >= 0.3 is 0 Å². The first kappa shape index (κ1) is 33.7. The van der Waals surface area contributed by atoms with Crippen molar-refractivity contribution in [2.45, 2.75) is 57.7 Å². The molecule has 2 aliphatic heterocycles. The lowest BCUT2D eigenvalue weighted by Crippen LogP contribution is -2.47. The third-order valence-corrected chi connectivity index (χ3v) is 10.3. The molecule has 3 aromatic rings. The minimum atomic E-state index is -0.941. The van der Waals surface area contributed by atoms with Crippen LogP contribution in [-0.2, 0) is 16.1 Å². The van der Waals surface area contributed by atoms with Crippen molar-refractivity contribution in [1.82, 2.24) is 9.80 Å². The van der Waals surface area contributed by atoms with Gasteiger partial charge in [-0.3, -0.25) is 19.4 Å². The van der Waals surface area contributed by atoms with Crippen LogP contribution in [0.2, 0.25) is 0 Å². The maximum atomic E-state index is 14.2. The van der Waals surface area contributed by atoms with Crippen LogP contribution in [0.5, 0.6) is 11.5 Å². The van der Waals surface area contributed by atoms with E-state index in [0.717, 1.165) is 30.8 Å². The summed E-state index contributed by atoms with van der Waals surface area (Å²) in [4.78, 5) is 32.1. The van der Waals surface area contributed by atoms with Gasteiger partial charge in [-0.15, -0.1) is 0 Å². The third-order valence-electron chi connectivity index (χ3n) is 10.3. The van der Waals surface area contributed by atoms with Crippen LogP contribution in [0, 0.1) is 17.8 Å². The first-order valence-electron chi connectivity index (χ1n) is 17.1. The van der Waals surface area contributed by atoms with Crippen LogP contribution in [-0.4, -0.2) is 75.4 Å². The van der Waals surface area contributed by atoms with Crippen molar-refractivity contribution in [3.05, 3.63) is 113 Å². The molecule has 2 saturated heterocycles. The summed E-state index contributed by atoms with van der Waals surface area (Å²) in [6.07, 6.45) is 3.59. The van der Waals surface area contributed by atoms with Gasteiger partial charge in [-0.05, 0) is 73.9 Å². The molecule has 0 radical (unpaired) electrons. The van der Waals surface area contributed by atoms with Gasteiger partial charge in [0.05, 0.1) is 24.5 Å². The predicted molar refractivity (Wildman–Crippen MR) is 185 cm³/mol. The molecule has 252 valence electrons. The molecule has 1 aliphatic carbocycles. The van der Waals surface area contributed by atoms with Gasteiger partial charge in [-0.1, -0.05) is 78.4 Å². The Hall–Kier alpha value is -4.24. The largest absolute Gasteiger partial charge is 0.507 e. The minimum absolute atomic E-state index is 0.155. The average molecular weight is 651 g/mol. The molecule has 0 spiro atoms. The number of phenolic OH excluding ortho intramolecular Hbond substituents is 1. The average Bonchev–Trinajstić information content (AvgIpc) is 3.36. The normalized spacial score (nSPS) is 23.0. The number of para-hydroxylation sites is 2. The Bertz CT molecular complexity index is 1630. The first-order chi connectivity index (χ1) is 23.3. The first-order valence-corrected chi connectivity index (χ1v) is 17.1. The lowest BCUT2D eigenvalue weighted by atomic mass is 9.68. The zero-order valence-electron chi connectivity index (χ0n) is 27.6. The third kappa shape index (κ3) is 7.41. The number of hydrogen-bond acceptors (Lipinski definition) is 7. The number of aliphatic hydroxyl groups excluding tert-OH is 2. The molecule has 8 nitrogen and oxygen atoms in total. The van der Waals surface area contributed by atoms with E-state index < -0.39 is 23.9 Å². The number of likely N-dealkylation sites (tertiary alicyclic amines) is 2. The fourth-order valence-corrected chi connectivity index (χ4v) is 7.81. The molecule has 0 saturated carbocycles. The summed E-state index contributed by atoms with van der Waals surface area (Å²) < 4.78 is 6.15. The highest BCUT2D eigenvalue weighted by molar-refractivity contribution is 6.06. The Kier molecular flexibility index (Phi) is 10.7. The van der Waals surface area contributed by atoms with Crippen LogP contribution in [0.3, 0.4) is 0 Å². The number of ether oxygens (including phenoxy) is 1. The van der Waals surface area contributed by atoms with E-state index in [4.69, 9.17) is 4.74 Å². The molecule has 0 bridgehead atoms. The van der Waals surface area contributed by atoms with E-state index in [1.807, 2.05) is 73.7 Å². The SMILES string of the molecule is C/C(=C\c1ccccc1O)CC[C@@H](O)C1=C(COc2ccccc2)C[C@H]2C(=O)N(C3CCN(Cc4ccccc4)CC3)C(=O)[C@H]2[C@H]1CO. The molecule has 0 unspecified atom stereocenters. The Morgan fingerprint density at radius 3 is 2.29 bits per heavy atom. The summed E-state index contributed by atoms with van der Waals surface area (Å²) in [5.74, 6) is -1.53. The zero-order valence-corrected chi connectivity index (χ0v) is 27.6. The summed E-state index contributed by atoms with van der Waals surface area (Å²) in [5.41, 5.74) is 4.31. The molecule has 6 rings (SSSR count). The molecule has 8 heteroatoms. The number of rotatable bonds is 12. The van der Waals surface area contributed by atoms with Crippen LogP contribution >= 0.6 is 0 Å². The summed E-state index contributed by atoms with van der Waals surface area (Å²) >= 11 is 0. The van der Waals surface area contributed by atoms with E-state index in [1.165, 1.54) is 10.5 Å². The number of amides is 2. The number of fused-ring (bicyclic) bond motifs is 1. The number of carbonyl (C=O) groups excluding carboxylic acids is 2. The van der Waals surface area contributed by atoms with Crippen molar-refractivity contribution in [2.75, 3.05) is 26.3 Å². The molecule has 2 fully saturated rings. The molecule has 3 aliphatic rings. The van der Waals surface area contributed by atoms with E-state index in [1.54, 1.807) is 12.1 Å². The number of aliphatic hydroxyl groups is 2. The van der Waals surface area contributed by atoms with Gasteiger partial charge in [0.25, 0.3) is 0 Å². The van der Waals surface area contributed by atoms with Crippen molar-refractivity contribution in [1.29, 1.82) is 0 Å². The Morgan fingerprint density at radius 2 is 1.60 bits per heavy atom. The van der Waals surface area contributed by atoms with Crippen LogP contribution in [0.15, 0.2) is 102 Å². The monoisotopic (exact) mass is 650 g/mol. The fourth-order valence-electron chi connectivity index (χ4n) is 7.81. The highest BCUT2D eigenvalue weighted by Gasteiger charge is 2.56.